The first kappa shape index (κ1) is 16.3. The van der Waals surface area contributed by atoms with Gasteiger partial charge in [0.1, 0.15) is 0 Å². The normalized spacial score (nSPS) is 23.1. The number of hydrogen-bond acceptors (Lipinski definition) is 3. The van der Waals surface area contributed by atoms with Crippen LogP contribution >= 0.6 is 0 Å². The summed E-state index contributed by atoms with van der Waals surface area (Å²) in [6, 6.07) is 0. The average Bonchev–Trinajstić information content (AvgIpc) is 2.85. The van der Waals surface area contributed by atoms with Crippen LogP contribution in [-0.4, -0.2) is 48.6 Å². The van der Waals surface area contributed by atoms with Crippen LogP contribution in [-0.2, 0) is 9.59 Å². The van der Waals surface area contributed by atoms with E-state index in [-0.39, 0.29) is 17.7 Å². The molecule has 0 aromatic heterocycles. The molecule has 120 valence electrons. The average molecular weight is 296 g/mol. The molecule has 0 atom stereocenters. The molecule has 1 aliphatic heterocycles. The molecule has 5 heteroatoms. The van der Waals surface area contributed by atoms with Crippen molar-refractivity contribution in [2.45, 2.75) is 51.4 Å². The molecule has 2 rings (SSSR count). The van der Waals surface area contributed by atoms with E-state index in [0.717, 1.165) is 58.2 Å². The largest absolute Gasteiger partial charge is 0.481 e. The van der Waals surface area contributed by atoms with Crippen LogP contribution in [0.2, 0.25) is 0 Å². The monoisotopic (exact) mass is 296 g/mol. The number of hydrogen-bond donors (Lipinski definition) is 2. The van der Waals surface area contributed by atoms with E-state index in [0.29, 0.717) is 12.3 Å². The lowest BCUT2D eigenvalue weighted by atomic mass is 9.79. The highest BCUT2D eigenvalue weighted by Crippen LogP contribution is 2.44. The number of likely N-dealkylation sites (tertiary alicyclic amines) is 1. The third kappa shape index (κ3) is 4.99. The van der Waals surface area contributed by atoms with E-state index in [9.17, 15) is 9.59 Å². The topological polar surface area (TPSA) is 69.6 Å². The van der Waals surface area contributed by atoms with Gasteiger partial charge in [-0.25, -0.2) is 0 Å². The Balaban J connectivity index is 1.76. The number of aliphatic carboxylic acids is 1. The highest BCUT2D eigenvalue weighted by atomic mass is 16.4. The van der Waals surface area contributed by atoms with Crippen LogP contribution in [0.25, 0.3) is 0 Å². The Morgan fingerprint density at radius 3 is 2.38 bits per heavy atom. The number of carbonyl (C=O) groups excluding carboxylic acids is 1. The van der Waals surface area contributed by atoms with Crippen LogP contribution in [0.15, 0.2) is 0 Å². The molecular formula is C16H28N2O3. The summed E-state index contributed by atoms with van der Waals surface area (Å²) in [5, 5.41) is 12.1. The van der Waals surface area contributed by atoms with Crippen molar-refractivity contribution in [3.05, 3.63) is 0 Å². The summed E-state index contributed by atoms with van der Waals surface area (Å²) in [6.07, 6.45) is 6.64. The summed E-state index contributed by atoms with van der Waals surface area (Å²) >= 11 is 0. The number of rotatable bonds is 6. The van der Waals surface area contributed by atoms with Crippen LogP contribution in [0, 0.1) is 11.3 Å². The van der Waals surface area contributed by atoms with Crippen molar-refractivity contribution in [1.82, 2.24) is 10.2 Å². The van der Waals surface area contributed by atoms with Gasteiger partial charge in [-0.2, -0.15) is 0 Å². The van der Waals surface area contributed by atoms with Gasteiger partial charge in [-0.1, -0.05) is 12.8 Å². The van der Waals surface area contributed by atoms with Gasteiger partial charge in [0.05, 0.1) is 6.42 Å². The maximum atomic E-state index is 12.2. The van der Waals surface area contributed by atoms with Gasteiger partial charge in [-0.3, -0.25) is 9.59 Å². The summed E-state index contributed by atoms with van der Waals surface area (Å²) in [5.41, 5.74) is -0.289. The van der Waals surface area contributed by atoms with E-state index in [1.165, 1.54) is 0 Å². The Bertz CT molecular complexity index is 370. The molecule has 2 fully saturated rings. The first-order valence-corrected chi connectivity index (χ1v) is 8.16. The third-order valence-corrected chi connectivity index (χ3v) is 5.15. The van der Waals surface area contributed by atoms with Crippen LogP contribution in [0.3, 0.4) is 0 Å². The maximum Gasteiger partial charge on any atom is 0.303 e. The molecule has 1 aliphatic carbocycles. The minimum atomic E-state index is -0.778. The summed E-state index contributed by atoms with van der Waals surface area (Å²) in [5.74, 6) is -0.166. The van der Waals surface area contributed by atoms with Crippen LogP contribution in [0.5, 0.6) is 0 Å². The van der Waals surface area contributed by atoms with Gasteiger partial charge < -0.3 is 15.3 Å². The molecule has 1 heterocycles. The molecule has 21 heavy (non-hydrogen) atoms. The molecule has 0 aromatic carbocycles. The fourth-order valence-electron chi connectivity index (χ4n) is 3.79. The molecule has 1 saturated heterocycles. The lowest BCUT2D eigenvalue weighted by Crippen LogP contribution is -2.38. The molecule has 0 bridgehead atoms. The second-order valence-electron chi connectivity index (χ2n) is 7.01. The second kappa shape index (κ2) is 7.25. The number of nitrogens with zero attached hydrogens (tertiary/aromatic N) is 1. The van der Waals surface area contributed by atoms with Crippen LogP contribution in [0.4, 0.5) is 0 Å². The van der Waals surface area contributed by atoms with E-state index < -0.39 is 5.97 Å². The number of carboxylic acid groups (broad SMARTS) is 1. The van der Waals surface area contributed by atoms with Gasteiger partial charge in [-0.05, 0) is 57.2 Å². The van der Waals surface area contributed by atoms with Crippen LogP contribution in [0.1, 0.15) is 51.4 Å². The minimum Gasteiger partial charge on any atom is -0.481 e. The molecule has 5 nitrogen and oxygen atoms in total. The first-order chi connectivity index (χ1) is 9.99. The lowest BCUT2D eigenvalue weighted by Gasteiger charge is -2.30. The molecule has 0 unspecified atom stereocenters. The first-order valence-electron chi connectivity index (χ1n) is 8.16. The summed E-state index contributed by atoms with van der Waals surface area (Å²) in [6.45, 7) is 2.95. The third-order valence-electron chi connectivity index (χ3n) is 5.15. The zero-order chi connectivity index (χ0) is 15.3. The predicted molar refractivity (Wildman–Crippen MR) is 81.0 cm³/mol. The van der Waals surface area contributed by atoms with E-state index in [1.54, 1.807) is 0 Å². The zero-order valence-corrected chi connectivity index (χ0v) is 13.1. The van der Waals surface area contributed by atoms with Crippen molar-refractivity contribution in [3.63, 3.8) is 0 Å². The van der Waals surface area contributed by atoms with Crippen molar-refractivity contribution in [1.29, 1.82) is 0 Å². The van der Waals surface area contributed by atoms with Crippen molar-refractivity contribution in [2.24, 2.45) is 11.3 Å². The molecule has 1 saturated carbocycles. The van der Waals surface area contributed by atoms with Gasteiger partial charge in [0.15, 0.2) is 0 Å². The van der Waals surface area contributed by atoms with E-state index in [1.807, 2.05) is 0 Å². The zero-order valence-electron chi connectivity index (χ0n) is 13.1. The fourth-order valence-corrected chi connectivity index (χ4v) is 3.79. The summed E-state index contributed by atoms with van der Waals surface area (Å²) in [7, 11) is 2.13. The van der Waals surface area contributed by atoms with Crippen molar-refractivity contribution in [2.75, 3.05) is 26.7 Å². The van der Waals surface area contributed by atoms with Gasteiger partial charge >= 0.3 is 5.97 Å². The Kier molecular flexibility index (Phi) is 5.62. The molecule has 2 N–H and O–H groups in total. The Hall–Kier alpha value is -1.10. The molecule has 0 spiro atoms. The SMILES string of the molecule is CN1CCC(CNC(=O)CC2(CC(=O)O)CCCC2)CC1. The summed E-state index contributed by atoms with van der Waals surface area (Å²) < 4.78 is 0. The highest BCUT2D eigenvalue weighted by molar-refractivity contribution is 5.78. The predicted octanol–water partition coefficient (Wildman–Crippen LogP) is 1.87. The molecule has 0 radical (unpaired) electrons. The Morgan fingerprint density at radius 1 is 1.19 bits per heavy atom. The quantitative estimate of drug-likeness (QED) is 0.785. The van der Waals surface area contributed by atoms with E-state index >= 15 is 0 Å². The Morgan fingerprint density at radius 2 is 1.81 bits per heavy atom. The van der Waals surface area contributed by atoms with E-state index in [4.69, 9.17) is 5.11 Å². The van der Waals surface area contributed by atoms with Gasteiger partial charge in [0.25, 0.3) is 0 Å². The van der Waals surface area contributed by atoms with Crippen LogP contribution < -0.4 is 5.32 Å². The molecular weight excluding hydrogens is 268 g/mol. The van der Waals surface area contributed by atoms with Gasteiger partial charge in [-0.15, -0.1) is 0 Å². The maximum absolute atomic E-state index is 12.2. The second-order valence-corrected chi connectivity index (χ2v) is 7.01. The van der Waals surface area contributed by atoms with Crippen molar-refractivity contribution in [3.8, 4) is 0 Å². The van der Waals surface area contributed by atoms with Gasteiger partial charge in [0, 0.05) is 13.0 Å². The molecule has 0 aromatic rings. The number of carbonyl (C=O) groups is 2. The van der Waals surface area contributed by atoms with Crippen molar-refractivity contribution < 1.29 is 14.7 Å². The number of carboxylic acids is 1. The lowest BCUT2D eigenvalue weighted by molar-refractivity contribution is -0.140. The fraction of sp³-hybridized carbons (Fsp3) is 0.875. The minimum absolute atomic E-state index is 0.0390. The smallest absolute Gasteiger partial charge is 0.303 e. The standard InChI is InChI=1S/C16H28N2O3/c1-18-8-4-13(5-9-18)12-17-14(19)10-16(11-15(20)21)6-2-3-7-16/h13H,2-12H2,1H3,(H,17,19)(H,20,21). The highest BCUT2D eigenvalue weighted by Gasteiger charge is 2.38. The number of amides is 1. The number of piperidine rings is 1. The Labute approximate surface area is 127 Å². The van der Waals surface area contributed by atoms with Gasteiger partial charge in [0.2, 0.25) is 5.91 Å². The van der Waals surface area contributed by atoms with E-state index in [2.05, 4.69) is 17.3 Å². The molecule has 2 aliphatic rings. The molecule has 1 amide bonds. The summed E-state index contributed by atoms with van der Waals surface area (Å²) in [4.78, 5) is 25.5. The van der Waals surface area contributed by atoms with Crippen molar-refractivity contribution >= 4 is 11.9 Å². The number of nitrogens with one attached hydrogen (secondary N) is 1.